The van der Waals surface area contributed by atoms with E-state index in [1.807, 2.05) is 0 Å². The molecule has 0 aromatic heterocycles. The SMILES string of the molecule is N[C@H](CCOc1ccc(C(O)C(=O)N[C@@]2(NC=O)CN([C@@H](C(=O)O)c3ccc(O[C@@H]4O[C@H](C(=O)O)[C@@H](O)[C@H](O)[C@H]4O)cc3)C2=O)cc1)C(=O)O. The number of carboxylic acid groups (broad SMARTS) is 3. The molecule has 1 unspecified atom stereocenters. The Bertz CT molecular complexity index is 1590. The maximum Gasteiger partial charge on any atom is 0.335 e. The van der Waals surface area contributed by atoms with E-state index < -0.39 is 90.8 Å². The van der Waals surface area contributed by atoms with Crippen molar-refractivity contribution in [3.8, 4) is 11.5 Å². The first kappa shape index (κ1) is 37.4. The lowest BCUT2D eigenvalue weighted by Gasteiger charge is -2.50. The van der Waals surface area contributed by atoms with Gasteiger partial charge in [-0.1, -0.05) is 24.3 Å². The number of hydrogen-bond donors (Lipinski definition) is 10. The molecule has 2 fully saturated rings. The van der Waals surface area contributed by atoms with Gasteiger partial charge in [0.05, 0.1) is 13.2 Å². The minimum absolute atomic E-state index is 0.0143. The second-order valence-corrected chi connectivity index (χ2v) is 11.3. The number of likely N-dealkylation sites (tertiary alicyclic amines) is 1. The highest BCUT2D eigenvalue weighted by Crippen LogP contribution is 2.34. The van der Waals surface area contributed by atoms with Crippen LogP contribution < -0.4 is 25.8 Å². The summed E-state index contributed by atoms with van der Waals surface area (Å²) in [4.78, 5) is 73.0. The number of carbonyl (C=O) groups excluding carboxylic acids is 3. The molecule has 2 aromatic rings. The fourth-order valence-electron chi connectivity index (χ4n) is 5.17. The predicted octanol–water partition coefficient (Wildman–Crippen LogP) is -3.60. The summed E-state index contributed by atoms with van der Waals surface area (Å²) in [5, 5.41) is 73.1. The first-order valence-corrected chi connectivity index (χ1v) is 14.8. The molecule has 20 heteroatoms. The normalized spacial score (nSPS) is 26.4. The van der Waals surface area contributed by atoms with Gasteiger partial charge in [-0.3, -0.25) is 19.2 Å². The molecular formula is C30H34N4O16. The Balaban J connectivity index is 1.41. The minimum atomic E-state index is -2.11. The van der Waals surface area contributed by atoms with E-state index in [0.717, 1.165) is 4.90 Å². The number of rotatable bonds is 16. The number of β-lactam (4-membered cyclic amide) rings is 1. The Morgan fingerprint density at radius 3 is 2.08 bits per heavy atom. The molecule has 2 aliphatic heterocycles. The van der Waals surface area contributed by atoms with E-state index in [2.05, 4.69) is 10.6 Å². The number of nitrogens with two attached hydrogens (primary N) is 1. The number of carboxylic acids is 3. The molecule has 3 amide bonds. The largest absolute Gasteiger partial charge is 0.494 e. The molecule has 2 aromatic carbocycles. The van der Waals surface area contributed by atoms with Crippen LogP contribution in [-0.4, -0.2) is 132 Å². The maximum atomic E-state index is 13.4. The zero-order chi connectivity index (χ0) is 36.9. The first-order chi connectivity index (χ1) is 23.6. The van der Waals surface area contributed by atoms with Gasteiger partial charge in [-0.25, -0.2) is 9.59 Å². The van der Waals surface area contributed by atoms with Crippen LogP contribution in [0.25, 0.3) is 0 Å². The van der Waals surface area contributed by atoms with Gasteiger partial charge in [-0.15, -0.1) is 0 Å². The standard InChI is InChI=1S/C30H34N4O16/c31-17(25(41)42)9-10-48-15-5-3-14(4-6-15)19(36)24(40)33-30(32-12-35)11-34(29(30)47)18(26(43)44)13-1-7-16(8-2-13)49-28-22(39)20(37)21(38)23(50-28)27(45)46/h1-8,12,17-23,28,36-39H,9-11,31H2,(H,32,35)(H,33,40)(H,41,42)(H,43,44)(H,45,46)/t17-,18-,19?,20+,21+,22-,23+,28-,30+/m1/s1. The van der Waals surface area contributed by atoms with Gasteiger partial charge in [0.1, 0.15) is 35.9 Å². The van der Waals surface area contributed by atoms with Gasteiger partial charge in [-0.2, -0.15) is 0 Å². The fourth-order valence-corrected chi connectivity index (χ4v) is 5.17. The number of nitrogens with one attached hydrogen (secondary N) is 2. The van der Waals surface area contributed by atoms with Crippen molar-refractivity contribution in [3.63, 3.8) is 0 Å². The molecule has 270 valence electrons. The lowest BCUT2D eigenvalue weighted by Crippen LogP contribution is -2.81. The lowest BCUT2D eigenvalue weighted by molar-refractivity contribution is -0.271. The van der Waals surface area contributed by atoms with Crippen LogP contribution in [0.4, 0.5) is 0 Å². The number of aliphatic carboxylic acids is 3. The number of ether oxygens (including phenoxy) is 3. The van der Waals surface area contributed by atoms with Crippen molar-refractivity contribution in [2.75, 3.05) is 13.2 Å². The van der Waals surface area contributed by atoms with Crippen LogP contribution in [0.3, 0.4) is 0 Å². The molecule has 20 nitrogen and oxygen atoms in total. The number of aliphatic hydroxyl groups is 4. The monoisotopic (exact) mass is 706 g/mol. The van der Waals surface area contributed by atoms with Gasteiger partial charge in [0.25, 0.3) is 11.8 Å². The Kier molecular flexibility index (Phi) is 11.6. The summed E-state index contributed by atoms with van der Waals surface area (Å²) in [6.07, 6.45) is -11.1. The molecule has 0 bridgehead atoms. The van der Waals surface area contributed by atoms with Gasteiger partial charge < -0.3 is 71.2 Å². The van der Waals surface area contributed by atoms with Crippen LogP contribution in [0.15, 0.2) is 48.5 Å². The number of hydrogen-bond acceptors (Lipinski definition) is 14. The molecule has 4 rings (SSSR count). The third-order valence-corrected chi connectivity index (χ3v) is 7.94. The van der Waals surface area contributed by atoms with Gasteiger partial charge in [0.15, 0.2) is 18.2 Å². The van der Waals surface area contributed by atoms with E-state index in [1.54, 1.807) is 0 Å². The Hall–Kier alpha value is -5.38. The van der Waals surface area contributed by atoms with E-state index in [4.69, 9.17) is 25.1 Å². The molecule has 50 heavy (non-hydrogen) atoms. The molecule has 11 N–H and O–H groups in total. The van der Waals surface area contributed by atoms with Gasteiger partial charge in [0, 0.05) is 6.42 Å². The van der Waals surface area contributed by atoms with Crippen molar-refractivity contribution in [1.82, 2.24) is 15.5 Å². The van der Waals surface area contributed by atoms with E-state index in [9.17, 15) is 59.4 Å². The zero-order valence-electron chi connectivity index (χ0n) is 25.8. The number of aliphatic hydroxyl groups excluding tert-OH is 4. The van der Waals surface area contributed by atoms with E-state index in [1.165, 1.54) is 48.5 Å². The van der Waals surface area contributed by atoms with Crippen molar-refractivity contribution in [2.24, 2.45) is 5.73 Å². The van der Waals surface area contributed by atoms with E-state index in [-0.39, 0.29) is 42.1 Å². The Morgan fingerprint density at radius 2 is 1.54 bits per heavy atom. The Morgan fingerprint density at radius 1 is 0.940 bits per heavy atom. The van der Waals surface area contributed by atoms with Crippen molar-refractivity contribution in [3.05, 3.63) is 59.7 Å². The second kappa shape index (κ2) is 15.4. The van der Waals surface area contributed by atoms with E-state index >= 15 is 0 Å². The zero-order valence-corrected chi connectivity index (χ0v) is 25.8. The van der Waals surface area contributed by atoms with Gasteiger partial charge in [-0.05, 0) is 35.4 Å². The van der Waals surface area contributed by atoms with Crippen LogP contribution in [0, 0.1) is 0 Å². The summed E-state index contributed by atoms with van der Waals surface area (Å²) in [5.74, 6) is -6.26. The van der Waals surface area contributed by atoms with E-state index in [0.29, 0.717) is 0 Å². The molecule has 0 saturated carbocycles. The third kappa shape index (κ3) is 7.91. The molecule has 0 radical (unpaired) electrons. The summed E-state index contributed by atoms with van der Waals surface area (Å²) >= 11 is 0. The highest BCUT2D eigenvalue weighted by molar-refractivity contribution is 6.00. The van der Waals surface area contributed by atoms with Gasteiger partial charge >= 0.3 is 17.9 Å². The molecule has 0 spiro atoms. The van der Waals surface area contributed by atoms with Crippen LogP contribution >= 0.6 is 0 Å². The van der Waals surface area contributed by atoms with Crippen molar-refractivity contribution in [2.45, 2.75) is 61.0 Å². The summed E-state index contributed by atoms with van der Waals surface area (Å²) in [7, 11) is 0. The Labute approximate surface area is 281 Å². The lowest BCUT2D eigenvalue weighted by atomic mass is 9.92. The third-order valence-electron chi connectivity index (χ3n) is 7.94. The quantitative estimate of drug-likeness (QED) is 0.0458. The molecule has 9 atom stereocenters. The number of carbonyl (C=O) groups is 6. The van der Waals surface area contributed by atoms with Crippen molar-refractivity contribution >= 4 is 36.1 Å². The van der Waals surface area contributed by atoms with Crippen LogP contribution in [0.5, 0.6) is 11.5 Å². The summed E-state index contributed by atoms with van der Waals surface area (Å²) in [6.45, 7) is -0.558. The average molecular weight is 707 g/mol. The number of benzene rings is 2. The first-order valence-electron chi connectivity index (χ1n) is 14.8. The topological polar surface area (TPSA) is 325 Å². The highest BCUT2D eigenvalue weighted by Gasteiger charge is 2.57. The maximum absolute atomic E-state index is 13.4. The van der Waals surface area contributed by atoms with Crippen molar-refractivity contribution in [1.29, 1.82) is 0 Å². The van der Waals surface area contributed by atoms with Crippen LogP contribution in [0.1, 0.15) is 29.7 Å². The smallest absolute Gasteiger partial charge is 0.335 e. The molecule has 2 saturated heterocycles. The predicted molar refractivity (Wildman–Crippen MR) is 161 cm³/mol. The molecular weight excluding hydrogens is 672 g/mol. The van der Waals surface area contributed by atoms with Crippen LogP contribution in [-0.2, 0) is 33.5 Å². The van der Waals surface area contributed by atoms with Crippen LogP contribution in [0.2, 0.25) is 0 Å². The number of nitrogens with zero attached hydrogens (tertiary/aromatic N) is 1. The molecule has 2 heterocycles. The van der Waals surface area contributed by atoms with Gasteiger partial charge in [0.2, 0.25) is 18.4 Å². The molecule has 2 aliphatic rings. The summed E-state index contributed by atoms with van der Waals surface area (Å²) < 4.78 is 15.9. The average Bonchev–Trinajstić information content (AvgIpc) is 3.08. The molecule has 0 aliphatic carbocycles. The highest BCUT2D eigenvalue weighted by atomic mass is 16.7. The summed E-state index contributed by atoms with van der Waals surface area (Å²) in [5.41, 5.74) is 3.38. The minimum Gasteiger partial charge on any atom is -0.494 e. The van der Waals surface area contributed by atoms with Crippen molar-refractivity contribution < 1.29 is 78.7 Å². The fraction of sp³-hybridized carbons (Fsp3) is 0.400. The second-order valence-electron chi connectivity index (χ2n) is 11.3. The number of amides is 3. The summed E-state index contributed by atoms with van der Waals surface area (Å²) in [6, 6.07) is 7.53.